The average Bonchev–Trinajstić information content (AvgIpc) is 2.75. The van der Waals surface area contributed by atoms with Gasteiger partial charge in [0.2, 0.25) is 5.91 Å². The molecule has 0 aromatic carbocycles. The van der Waals surface area contributed by atoms with Crippen molar-refractivity contribution in [2.24, 2.45) is 7.05 Å². The maximum Gasteiger partial charge on any atom is 0.236 e. The number of ether oxygens (including phenoxy) is 1. The van der Waals surface area contributed by atoms with Gasteiger partial charge in [0.1, 0.15) is 0 Å². The molecule has 18 heavy (non-hydrogen) atoms. The molecule has 6 heteroatoms. The first-order valence-corrected chi connectivity index (χ1v) is 6.17. The highest BCUT2D eigenvalue weighted by Crippen LogP contribution is 2.03. The van der Waals surface area contributed by atoms with Gasteiger partial charge in [-0.1, -0.05) is 0 Å². The molecule has 1 aromatic rings. The topological polar surface area (TPSA) is 50.6 Å². The minimum Gasteiger partial charge on any atom is -0.378 e. The van der Waals surface area contributed by atoms with Crippen molar-refractivity contribution in [1.29, 1.82) is 0 Å². The molecule has 1 aromatic heterocycles. The smallest absolute Gasteiger partial charge is 0.236 e. The lowest BCUT2D eigenvalue weighted by Crippen LogP contribution is -2.44. The number of aromatic nitrogens is 2. The second-order valence-corrected chi connectivity index (χ2v) is 4.69. The van der Waals surface area contributed by atoms with Gasteiger partial charge in [-0.2, -0.15) is 5.10 Å². The Bertz CT molecular complexity index is 399. The molecule has 0 atom stereocenters. The van der Waals surface area contributed by atoms with Gasteiger partial charge in [0.25, 0.3) is 0 Å². The van der Waals surface area contributed by atoms with Gasteiger partial charge in [-0.05, 0) is 7.05 Å². The van der Waals surface area contributed by atoms with E-state index in [0.717, 1.165) is 12.1 Å². The van der Waals surface area contributed by atoms with Gasteiger partial charge >= 0.3 is 0 Å². The average molecular weight is 252 g/mol. The predicted molar refractivity (Wildman–Crippen MR) is 66.9 cm³/mol. The zero-order valence-electron chi connectivity index (χ0n) is 11.0. The summed E-state index contributed by atoms with van der Waals surface area (Å²) in [6.07, 6.45) is 3.80. The first-order valence-electron chi connectivity index (χ1n) is 6.17. The van der Waals surface area contributed by atoms with Crippen LogP contribution in [0, 0.1) is 0 Å². The number of amides is 1. The van der Waals surface area contributed by atoms with Gasteiger partial charge < -0.3 is 9.64 Å². The van der Waals surface area contributed by atoms with E-state index in [2.05, 4.69) is 5.10 Å². The molecule has 2 rings (SSSR count). The number of morpholine rings is 1. The first kappa shape index (κ1) is 13.0. The van der Waals surface area contributed by atoms with Gasteiger partial charge in [0.15, 0.2) is 0 Å². The monoisotopic (exact) mass is 252 g/mol. The van der Waals surface area contributed by atoms with E-state index in [1.54, 1.807) is 4.68 Å². The Kier molecular flexibility index (Phi) is 4.33. The van der Waals surface area contributed by atoms with Crippen molar-refractivity contribution in [2.45, 2.75) is 6.54 Å². The summed E-state index contributed by atoms with van der Waals surface area (Å²) < 4.78 is 7.01. The lowest BCUT2D eigenvalue weighted by atomic mass is 10.3. The van der Waals surface area contributed by atoms with Crippen molar-refractivity contribution in [2.75, 3.05) is 39.9 Å². The summed E-state index contributed by atoms with van der Waals surface area (Å²) in [5.41, 5.74) is 1.12. The molecule has 0 aliphatic carbocycles. The summed E-state index contributed by atoms with van der Waals surface area (Å²) in [7, 11) is 3.84. The molecular weight excluding hydrogens is 232 g/mol. The van der Waals surface area contributed by atoms with Gasteiger partial charge in [-0.15, -0.1) is 0 Å². The zero-order chi connectivity index (χ0) is 13.0. The third kappa shape index (κ3) is 3.54. The molecule has 0 radical (unpaired) electrons. The maximum absolute atomic E-state index is 12.0. The Labute approximate surface area is 107 Å². The quantitative estimate of drug-likeness (QED) is 0.739. The fourth-order valence-electron chi connectivity index (χ4n) is 2.06. The van der Waals surface area contributed by atoms with E-state index in [4.69, 9.17) is 4.74 Å². The molecule has 1 amide bonds. The number of rotatable bonds is 4. The minimum atomic E-state index is 0.171. The van der Waals surface area contributed by atoms with Crippen LogP contribution in [-0.4, -0.2) is 65.4 Å². The van der Waals surface area contributed by atoms with Crippen LogP contribution < -0.4 is 0 Å². The normalized spacial score (nSPS) is 16.3. The van der Waals surface area contributed by atoms with Crippen molar-refractivity contribution in [3.05, 3.63) is 18.0 Å². The lowest BCUT2D eigenvalue weighted by Gasteiger charge is -2.28. The molecular formula is C12H20N4O2. The number of aryl methyl sites for hydroxylation is 1. The van der Waals surface area contributed by atoms with Crippen LogP contribution in [0.15, 0.2) is 12.4 Å². The highest BCUT2D eigenvalue weighted by Gasteiger charge is 2.18. The highest BCUT2D eigenvalue weighted by molar-refractivity contribution is 5.78. The zero-order valence-corrected chi connectivity index (χ0v) is 11.0. The first-order chi connectivity index (χ1) is 8.65. The second-order valence-electron chi connectivity index (χ2n) is 4.69. The van der Waals surface area contributed by atoms with Crippen LogP contribution in [0.2, 0.25) is 0 Å². The van der Waals surface area contributed by atoms with Crippen LogP contribution in [0.3, 0.4) is 0 Å². The van der Waals surface area contributed by atoms with E-state index in [9.17, 15) is 4.79 Å². The van der Waals surface area contributed by atoms with Gasteiger partial charge in [0.05, 0.1) is 26.0 Å². The minimum absolute atomic E-state index is 0.171. The Morgan fingerprint density at radius 1 is 1.50 bits per heavy atom. The molecule has 1 aliphatic heterocycles. The largest absolute Gasteiger partial charge is 0.378 e. The molecule has 1 aliphatic rings. The Balaban J connectivity index is 1.79. The fourth-order valence-corrected chi connectivity index (χ4v) is 2.06. The molecule has 100 valence electrons. The lowest BCUT2D eigenvalue weighted by molar-refractivity contribution is -0.136. The van der Waals surface area contributed by atoms with Crippen molar-refractivity contribution in [1.82, 2.24) is 19.6 Å². The van der Waals surface area contributed by atoms with Crippen LogP contribution in [-0.2, 0) is 23.1 Å². The standard InChI is InChI=1S/C12H20N4O2/c1-14(8-11-7-13-15(2)9-11)10-12(17)16-3-5-18-6-4-16/h7,9H,3-6,8,10H2,1-2H3. The van der Waals surface area contributed by atoms with Gasteiger partial charge in [-0.25, -0.2) is 0 Å². The number of hydrogen-bond donors (Lipinski definition) is 0. The molecule has 0 spiro atoms. The Hall–Kier alpha value is -1.40. The van der Waals surface area contributed by atoms with E-state index < -0.39 is 0 Å². The number of nitrogens with zero attached hydrogens (tertiary/aromatic N) is 4. The number of likely N-dealkylation sites (N-methyl/N-ethyl adjacent to an activating group) is 1. The molecule has 1 fully saturated rings. The summed E-state index contributed by atoms with van der Waals surface area (Å²) >= 11 is 0. The Morgan fingerprint density at radius 2 is 2.22 bits per heavy atom. The second kappa shape index (κ2) is 5.97. The van der Waals surface area contributed by atoms with Gasteiger partial charge in [-0.3, -0.25) is 14.4 Å². The van der Waals surface area contributed by atoms with Crippen LogP contribution in [0.4, 0.5) is 0 Å². The molecule has 0 saturated carbocycles. The molecule has 6 nitrogen and oxygen atoms in total. The number of hydrogen-bond acceptors (Lipinski definition) is 4. The molecule has 1 saturated heterocycles. The van der Waals surface area contributed by atoms with Gasteiger partial charge in [0, 0.05) is 38.4 Å². The van der Waals surface area contributed by atoms with Crippen molar-refractivity contribution in [3.8, 4) is 0 Å². The number of carbonyl (C=O) groups excluding carboxylic acids is 1. The van der Waals surface area contributed by atoms with E-state index in [1.807, 2.05) is 36.3 Å². The van der Waals surface area contributed by atoms with Crippen LogP contribution in [0.5, 0.6) is 0 Å². The van der Waals surface area contributed by atoms with Crippen LogP contribution in [0.1, 0.15) is 5.56 Å². The molecule has 0 bridgehead atoms. The molecule has 2 heterocycles. The summed E-state index contributed by atoms with van der Waals surface area (Å²) in [6, 6.07) is 0. The van der Waals surface area contributed by atoms with Crippen LogP contribution >= 0.6 is 0 Å². The fraction of sp³-hybridized carbons (Fsp3) is 0.667. The van der Waals surface area contributed by atoms with Crippen LogP contribution in [0.25, 0.3) is 0 Å². The SMILES string of the molecule is CN(CC(=O)N1CCOCC1)Cc1cnn(C)c1. The van der Waals surface area contributed by atoms with Crippen molar-refractivity contribution in [3.63, 3.8) is 0 Å². The summed E-state index contributed by atoms with van der Waals surface area (Å²) in [5.74, 6) is 0.171. The Morgan fingerprint density at radius 3 is 2.83 bits per heavy atom. The number of carbonyl (C=O) groups is 1. The molecule has 0 N–H and O–H groups in total. The van der Waals surface area contributed by atoms with Crippen molar-refractivity contribution < 1.29 is 9.53 Å². The highest BCUT2D eigenvalue weighted by atomic mass is 16.5. The van der Waals surface area contributed by atoms with E-state index in [0.29, 0.717) is 32.8 Å². The maximum atomic E-state index is 12.0. The van der Waals surface area contributed by atoms with E-state index in [-0.39, 0.29) is 5.91 Å². The molecule has 0 unspecified atom stereocenters. The predicted octanol–water partition coefficient (Wildman–Crippen LogP) is -0.289. The van der Waals surface area contributed by atoms with E-state index >= 15 is 0 Å². The third-order valence-corrected chi connectivity index (χ3v) is 2.98. The van der Waals surface area contributed by atoms with E-state index in [1.165, 1.54) is 0 Å². The summed E-state index contributed by atoms with van der Waals surface area (Å²) in [5, 5.41) is 4.12. The summed E-state index contributed by atoms with van der Waals surface area (Å²) in [6.45, 7) is 3.90. The van der Waals surface area contributed by atoms with Crippen molar-refractivity contribution >= 4 is 5.91 Å². The third-order valence-electron chi connectivity index (χ3n) is 2.98. The summed E-state index contributed by atoms with van der Waals surface area (Å²) in [4.78, 5) is 15.9.